The summed E-state index contributed by atoms with van der Waals surface area (Å²) in [5, 5.41) is 3.05. The van der Waals surface area contributed by atoms with Crippen LogP contribution in [-0.2, 0) is 6.18 Å². The summed E-state index contributed by atoms with van der Waals surface area (Å²) < 4.78 is 38.6. The van der Waals surface area contributed by atoms with E-state index in [0.717, 1.165) is 12.1 Å². The molecule has 0 bridgehead atoms. The molecular formula is C12H8BrClF3N3. The van der Waals surface area contributed by atoms with Gasteiger partial charge in [0.2, 0.25) is 0 Å². The topological polar surface area (TPSA) is 37.8 Å². The van der Waals surface area contributed by atoms with Gasteiger partial charge in [-0.15, -0.1) is 0 Å². The first-order valence-electron chi connectivity index (χ1n) is 5.40. The highest BCUT2D eigenvalue weighted by Gasteiger charge is 2.31. The van der Waals surface area contributed by atoms with Crippen LogP contribution in [0.3, 0.4) is 0 Å². The molecule has 0 atom stereocenters. The number of rotatable bonds is 2. The van der Waals surface area contributed by atoms with Gasteiger partial charge in [0.25, 0.3) is 0 Å². The summed E-state index contributed by atoms with van der Waals surface area (Å²) in [6.45, 7) is 1.67. The van der Waals surface area contributed by atoms with Crippen molar-refractivity contribution in [3.63, 3.8) is 0 Å². The van der Waals surface area contributed by atoms with Gasteiger partial charge in [0.1, 0.15) is 17.3 Å². The minimum atomic E-state index is -4.41. The Morgan fingerprint density at radius 1 is 1.25 bits per heavy atom. The van der Waals surface area contributed by atoms with Gasteiger partial charge < -0.3 is 5.32 Å². The van der Waals surface area contributed by atoms with Gasteiger partial charge in [0, 0.05) is 10.0 Å². The molecule has 0 amide bonds. The van der Waals surface area contributed by atoms with Crippen molar-refractivity contribution in [2.75, 3.05) is 5.32 Å². The summed E-state index contributed by atoms with van der Waals surface area (Å²) in [5.74, 6) is 0.352. The van der Waals surface area contributed by atoms with Crippen LogP contribution < -0.4 is 5.32 Å². The highest BCUT2D eigenvalue weighted by atomic mass is 79.9. The molecule has 1 heterocycles. The molecule has 1 aromatic heterocycles. The van der Waals surface area contributed by atoms with Gasteiger partial charge in [-0.2, -0.15) is 13.2 Å². The quantitative estimate of drug-likeness (QED) is 0.763. The third-order valence-corrected chi connectivity index (χ3v) is 3.64. The number of hydrogen-bond acceptors (Lipinski definition) is 3. The summed E-state index contributed by atoms with van der Waals surface area (Å²) in [6.07, 6.45) is -3.17. The van der Waals surface area contributed by atoms with Crippen molar-refractivity contribution < 1.29 is 13.2 Å². The van der Waals surface area contributed by atoms with Crippen molar-refractivity contribution in [1.29, 1.82) is 0 Å². The number of nitrogens with zero attached hydrogens (tertiary/aromatic N) is 2. The van der Waals surface area contributed by atoms with E-state index in [0.29, 0.717) is 15.9 Å². The Morgan fingerprint density at radius 2 is 1.95 bits per heavy atom. The van der Waals surface area contributed by atoms with Crippen molar-refractivity contribution in [3.8, 4) is 0 Å². The third-order valence-electron chi connectivity index (χ3n) is 2.57. The molecule has 0 fully saturated rings. The van der Waals surface area contributed by atoms with Crippen LogP contribution in [0.4, 0.5) is 24.7 Å². The lowest BCUT2D eigenvalue weighted by atomic mass is 10.2. The third kappa shape index (κ3) is 3.21. The Morgan fingerprint density at radius 3 is 2.60 bits per heavy atom. The number of aromatic nitrogens is 2. The molecule has 20 heavy (non-hydrogen) atoms. The maximum atomic E-state index is 12.7. The van der Waals surface area contributed by atoms with Gasteiger partial charge in [0.05, 0.1) is 11.3 Å². The molecule has 0 aliphatic rings. The smallest absolute Gasteiger partial charge is 0.339 e. The maximum absolute atomic E-state index is 12.7. The minimum Gasteiger partial charge on any atom is -0.339 e. The average Bonchev–Trinajstić information content (AvgIpc) is 2.36. The van der Waals surface area contributed by atoms with Crippen molar-refractivity contribution in [2.24, 2.45) is 0 Å². The minimum absolute atomic E-state index is 0.241. The number of alkyl halides is 3. The van der Waals surface area contributed by atoms with E-state index < -0.39 is 11.7 Å². The highest BCUT2D eigenvalue weighted by molar-refractivity contribution is 9.10. The molecule has 0 aliphatic carbocycles. The zero-order chi connectivity index (χ0) is 14.9. The van der Waals surface area contributed by atoms with Crippen molar-refractivity contribution >= 4 is 39.0 Å². The zero-order valence-corrected chi connectivity index (χ0v) is 12.4. The Kier molecular flexibility index (Phi) is 4.19. The fourth-order valence-electron chi connectivity index (χ4n) is 1.48. The van der Waals surface area contributed by atoms with E-state index in [-0.39, 0.29) is 10.8 Å². The molecule has 0 aliphatic heterocycles. The molecule has 0 unspecified atom stereocenters. The van der Waals surface area contributed by atoms with E-state index in [9.17, 15) is 13.2 Å². The molecule has 0 saturated carbocycles. The first kappa shape index (κ1) is 15.1. The summed E-state index contributed by atoms with van der Waals surface area (Å²) in [6, 6.07) is 3.32. The standard InChI is InChI=1S/C12H8BrClF3N3/c1-6-10(14)18-5-19-11(6)20-9-4-7(12(15,16)17)2-3-8(9)13/h2-5H,1H3,(H,18,19,20). The molecule has 3 nitrogen and oxygen atoms in total. The monoisotopic (exact) mass is 365 g/mol. The summed E-state index contributed by atoms with van der Waals surface area (Å²) in [5.41, 5.74) is 0.0529. The van der Waals surface area contributed by atoms with Crippen LogP contribution in [0.2, 0.25) is 5.15 Å². The second kappa shape index (κ2) is 5.57. The lowest BCUT2D eigenvalue weighted by molar-refractivity contribution is -0.137. The summed E-state index contributed by atoms with van der Waals surface area (Å²) in [7, 11) is 0. The van der Waals surface area contributed by atoms with E-state index in [1.165, 1.54) is 12.4 Å². The van der Waals surface area contributed by atoms with Crippen LogP contribution in [0.5, 0.6) is 0 Å². The van der Waals surface area contributed by atoms with E-state index in [2.05, 4.69) is 31.2 Å². The Hall–Kier alpha value is -1.34. The highest BCUT2D eigenvalue weighted by Crippen LogP contribution is 2.35. The van der Waals surface area contributed by atoms with E-state index >= 15 is 0 Å². The number of anilines is 2. The van der Waals surface area contributed by atoms with Crippen LogP contribution >= 0.6 is 27.5 Å². The lowest BCUT2D eigenvalue weighted by Gasteiger charge is -2.13. The van der Waals surface area contributed by atoms with Gasteiger partial charge >= 0.3 is 6.18 Å². The predicted molar refractivity (Wildman–Crippen MR) is 74.2 cm³/mol. The fourth-order valence-corrected chi connectivity index (χ4v) is 1.96. The maximum Gasteiger partial charge on any atom is 0.416 e. The van der Waals surface area contributed by atoms with Crippen LogP contribution in [0, 0.1) is 6.92 Å². The van der Waals surface area contributed by atoms with Gasteiger partial charge in [-0.1, -0.05) is 11.6 Å². The van der Waals surface area contributed by atoms with Gasteiger partial charge in [-0.05, 0) is 41.1 Å². The molecular weight excluding hydrogens is 359 g/mol. The largest absolute Gasteiger partial charge is 0.416 e. The Labute approximate surface area is 126 Å². The Bertz CT molecular complexity index is 646. The molecule has 1 aromatic carbocycles. The van der Waals surface area contributed by atoms with Crippen LogP contribution in [-0.4, -0.2) is 9.97 Å². The van der Waals surface area contributed by atoms with Gasteiger partial charge in [-0.25, -0.2) is 9.97 Å². The molecule has 2 aromatic rings. The molecule has 1 N–H and O–H groups in total. The SMILES string of the molecule is Cc1c(Cl)ncnc1Nc1cc(C(F)(F)F)ccc1Br. The molecule has 0 saturated heterocycles. The van der Waals surface area contributed by atoms with Crippen LogP contribution in [0.15, 0.2) is 29.0 Å². The number of halogens is 5. The van der Waals surface area contributed by atoms with Crippen molar-refractivity contribution in [1.82, 2.24) is 9.97 Å². The van der Waals surface area contributed by atoms with Crippen molar-refractivity contribution in [3.05, 3.63) is 45.3 Å². The second-order valence-electron chi connectivity index (χ2n) is 3.96. The molecule has 8 heteroatoms. The van der Waals surface area contributed by atoms with Gasteiger partial charge in [0.15, 0.2) is 0 Å². The summed E-state index contributed by atoms with van der Waals surface area (Å²) in [4.78, 5) is 7.74. The molecule has 0 spiro atoms. The predicted octanol–water partition coefficient (Wildman–Crippen LogP) is 4.96. The Balaban J connectivity index is 2.41. The van der Waals surface area contributed by atoms with Crippen LogP contribution in [0.1, 0.15) is 11.1 Å². The zero-order valence-electron chi connectivity index (χ0n) is 10.1. The number of nitrogens with one attached hydrogen (secondary N) is 1. The number of benzene rings is 1. The normalized spacial score (nSPS) is 11.5. The first-order valence-corrected chi connectivity index (χ1v) is 6.57. The van der Waals surface area contributed by atoms with Crippen molar-refractivity contribution in [2.45, 2.75) is 13.1 Å². The summed E-state index contributed by atoms with van der Waals surface area (Å²) >= 11 is 9.03. The van der Waals surface area contributed by atoms with E-state index in [4.69, 9.17) is 11.6 Å². The van der Waals surface area contributed by atoms with Gasteiger partial charge in [-0.3, -0.25) is 0 Å². The lowest BCUT2D eigenvalue weighted by Crippen LogP contribution is -2.06. The molecule has 2 rings (SSSR count). The second-order valence-corrected chi connectivity index (χ2v) is 5.17. The molecule has 0 radical (unpaired) electrons. The van der Waals surface area contributed by atoms with E-state index in [1.807, 2.05) is 0 Å². The molecule has 106 valence electrons. The first-order chi connectivity index (χ1) is 9.29. The number of hydrogen-bond donors (Lipinski definition) is 1. The average molecular weight is 367 g/mol. The fraction of sp³-hybridized carbons (Fsp3) is 0.167. The van der Waals surface area contributed by atoms with E-state index in [1.54, 1.807) is 6.92 Å². The van der Waals surface area contributed by atoms with Crippen LogP contribution in [0.25, 0.3) is 0 Å².